The number of hydrogen-bond acceptors (Lipinski definition) is 3. The predicted molar refractivity (Wildman–Crippen MR) is 145 cm³/mol. The number of carbonyl (C=O) groups is 3. The fourth-order valence-electron chi connectivity index (χ4n) is 6.06. The summed E-state index contributed by atoms with van der Waals surface area (Å²) in [4.78, 5) is 43.2. The topological polar surface area (TPSA) is 88.6 Å². The van der Waals surface area contributed by atoms with Crippen LogP contribution in [0.2, 0.25) is 5.02 Å². The van der Waals surface area contributed by atoms with Crippen molar-refractivity contribution in [3.8, 4) is 0 Å². The number of alkyl halides is 3. The van der Waals surface area contributed by atoms with Crippen molar-refractivity contribution in [2.75, 3.05) is 13.1 Å². The molecule has 2 bridgehead atoms. The molecule has 0 spiro atoms. The number of fused-ring (bicyclic) bond motifs is 3. The van der Waals surface area contributed by atoms with E-state index in [4.69, 9.17) is 17.3 Å². The minimum absolute atomic E-state index is 0.0970. The molecular weight excluding hydrogens is 545 g/mol. The van der Waals surface area contributed by atoms with E-state index in [1.54, 1.807) is 20.4 Å². The van der Waals surface area contributed by atoms with Gasteiger partial charge in [-0.05, 0) is 47.7 Å². The van der Waals surface area contributed by atoms with Crippen molar-refractivity contribution in [3.05, 3.63) is 70.4 Å². The maximum absolute atomic E-state index is 14.2. The van der Waals surface area contributed by atoms with Crippen molar-refractivity contribution in [1.29, 1.82) is 0 Å². The largest absolute Gasteiger partial charge is 0.416 e. The van der Waals surface area contributed by atoms with E-state index >= 15 is 0 Å². The number of piperazine rings is 1. The molecular formula is C29H30ClF3N4O3. The van der Waals surface area contributed by atoms with Crippen LogP contribution in [0.5, 0.6) is 0 Å². The first-order valence-electron chi connectivity index (χ1n) is 13.0. The molecule has 2 aliphatic heterocycles. The van der Waals surface area contributed by atoms with Crippen molar-refractivity contribution in [1.82, 2.24) is 14.4 Å². The number of nitrogens with zero attached hydrogens (tertiary/aromatic N) is 3. The van der Waals surface area contributed by atoms with Gasteiger partial charge in [-0.3, -0.25) is 14.4 Å². The van der Waals surface area contributed by atoms with E-state index in [2.05, 4.69) is 0 Å². The van der Waals surface area contributed by atoms with Crippen molar-refractivity contribution in [2.24, 2.45) is 11.1 Å². The third-order valence-corrected chi connectivity index (χ3v) is 8.24. The van der Waals surface area contributed by atoms with Crippen LogP contribution in [0.4, 0.5) is 13.2 Å². The highest BCUT2D eigenvalue weighted by atomic mass is 35.5. The van der Waals surface area contributed by atoms with E-state index in [1.165, 1.54) is 0 Å². The standard InChI is InChI=1S/C29H30ClF3N4O3/c1-28(2,3)25(37-22-7-5-4-6-16(22)11-23(37)26(34)39)27(40)36-15-19-13-20(36)14-35(19)24(38)12-17-10-18(29(31,32)33)8-9-21(17)30/h4-11,19-20,25H,12-15H2,1-3H3,(H2,34,39)/t19-,20-,25+/m0/s1. The smallest absolute Gasteiger partial charge is 0.364 e. The van der Waals surface area contributed by atoms with Crippen LogP contribution in [0, 0.1) is 5.41 Å². The highest BCUT2D eigenvalue weighted by Gasteiger charge is 2.50. The number of nitrogens with two attached hydrogens (primary N) is 1. The van der Waals surface area contributed by atoms with E-state index in [1.807, 2.05) is 45.0 Å². The molecule has 5 rings (SSSR count). The number of para-hydroxylation sites is 1. The Morgan fingerprint density at radius 1 is 1.00 bits per heavy atom. The number of carbonyl (C=O) groups excluding carboxylic acids is 3. The molecule has 7 nitrogen and oxygen atoms in total. The average molecular weight is 575 g/mol. The normalized spacial score (nSPS) is 19.9. The Labute approximate surface area is 234 Å². The van der Waals surface area contributed by atoms with Crippen LogP contribution in [0.3, 0.4) is 0 Å². The zero-order chi connectivity index (χ0) is 29.1. The summed E-state index contributed by atoms with van der Waals surface area (Å²) < 4.78 is 41.3. The Morgan fingerprint density at radius 3 is 2.25 bits per heavy atom. The van der Waals surface area contributed by atoms with Gasteiger partial charge in [-0.25, -0.2) is 0 Å². The van der Waals surface area contributed by atoms with Gasteiger partial charge in [-0.15, -0.1) is 0 Å². The molecule has 3 atom stereocenters. The maximum atomic E-state index is 14.2. The second-order valence-electron chi connectivity index (χ2n) is 11.7. The van der Waals surface area contributed by atoms with E-state index in [0.717, 1.165) is 29.1 Å². The summed E-state index contributed by atoms with van der Waals surface area (Å²) in [6.07, 6.45) is -4.24. The molecule has 2 N–H and O–H groups in total. The van der Waals surface area contributed by atoms with Gasteiger partial charge in [0.15, 0.2) is 0 Å². The summed E-state index contributed by atoms with van der Waals surface area (Å²) in [7, 11) is 0. The van der Waals surface area contributed by atoms with Gasteiger partial charge in [0.1, 0.15) is 11.7 Å². The Hall–Kier alpha value is -3.53. The van der Waals surface area contributed by atoms with Crippen molar-refractivity contribution in [3.63, 3.8) is 0 Å². The fraction of sp³-hybridized carbons (Fsp3) is 0.414. The highest BCUT2D eigenvalue weighted by Crippen LogP contribution is 2.41. The quantitative estimate of drug-likeness (QED) is 0.462. The fourth-order valence-corrected chi connectivity index (χ4v) is 6.25. The van der Waals surface area contributed by atoms with Crippen LogP contribution in [0.15, 0.2) is 48.5 Å². The lowest BCUT2D eigenvalue weighted by Gasteiger charge is -2.40. The monoisotopic (exact) mass is 574 g/mol. The summed E-state index contributed by atoms with van der Waals surface area (Å²) >= 11 is 6.12. The lowest BCUT2D eigenvalue weighted by Crippen LogP contribution is -2.54. The second kappa shape index (κ2) is 9.83. The molecule has 0 saturated carbocycles. The molecule has 2 fully saturated rings. The molecule has 0 unspecified atom stereocenters. The minimum atomic E-state index is -4.54. The van der Waals surface area contributed by atoms with Gasteiger partial charge in [-0.1, -0.05) is 50.6 Å². The molecule has 2 aliphatic rings. The number of likely N-dealkylation sites (tertiary alicyclic amines) is 2. The summed E-state index contributed by atoms with van der Waals surface area (Å²) in [5.74, 6) is -1.14. The SMILES string of the molecule is CC(C)(C)[C@@H](C(=O)N1C[C@@H]2C[C@H]1CN2C(=O)Cc1cc(C(F)(F)F)ccc1Cl)n1c(C(N)=O)cc2ccccc21. The second-order valence-corrected chi connectivity index (χ2v) is 12.1. The number of benzene rings is 2. The molecule has 2 saturated heterocycles. The number of halogens is 4. The first-order chi connectivity index (χ1) is 18.7. The van der Waals surface area contributed by atoms with E-state index in [-0.39, 0.29) is 53.1 Å². The number of primary amides is 1. The summed E-state index contributed by atoms with van der Waals surface area (Å²) in [5.41, 5.74) is 5.37. The molecule has 0 aliphatic carbocycles. The Bertz CT molecular complexity index is 1510. The average Bonchev–Trinajstić information content (AvgIpc) is 3.57. The highest BCUT2D eigenvalue weighted by molar-refractivity contribution is 6.31. The third kappa shape index (κ3) is 4.93. The zero-order valence-electron chi connectivity index (χ0n) is 22.3. The number of aromatic nitrogens is 1. The third-order valence-electron chi connectivity index (χ3n) is 7.87. The molecule has 11 heteroatoms. The summed E-state index contributed by atoms with van der Waals surface area (Å²) in [5, 5.41) is 0.894. The first-order valence-corrected chi connectivity index (χ1v) is 13.4. The molecule has 1 aromatic heterocycles. The summed E-state index contributed by atoms with van der Waals surface area (Å²) in [6, 6.07) is 10.8. The van der Waals surface area contributed by atoms with Crippen molar-refractivity contribution < 1.29 is 27.6 Å². The lowest BCUT2D eigenvalue weighted by atomic mass is 9.85. The molecule has 0 radical (unpaired) electrons. The predicted octanol–water partition coefficient (Wildman–Crippen LogP) is 5.05. The van der Waals surface area contributed by atoms with Crippen LogP contribution in [-0.2, 0) is 22.2 Å². The van der Waals surface area contributed by atoms with E-state index < -0.39 is 29.1 Å². The maximum Gasteiger partial charge on any atom is 0.416 e. The van der Waals surface area contributed by atoms with Crippen LogP contribution < -0.4 is 5.73 Å². The Morgan fingerprint density at radius 2 is 1.65 bits per heavy atom. The van der Waals surface area contributed by atoms with Gasteiger partial charge in [0.25, 0.3) is 5.91 Å². The van der Waals surface area contributed by atoms with Gasteiger partial charge in [0.2, 0.25) is 11.8 Å². The molecule has 3 aromatic rings. The summed E-state index contributed by atoms with van der Waals surface area (Å²) in [6.45, 7) is 6.36. The van der Waals surface area contributed by atoms with Gasteiger partial charge in [0.05, 0.1) is 24.1 Å². The molecule has 212 valence electrons. The van der Waals surface area contributed by atoms with Crippen LogP contribution in [-0.4, -0.2) is 57.3 Å². The number of rotatable bonds is 5. The van der Waals surface area contributed by atoms with Gasteiger partial charge in [-0.2, -0.15) is 13.2 Å². The number of hydrogen-bond donors (Lipinski definition) is 1. The first kappa shape index (κ1) is 28.0. The zero-order valence-corrected chi connectivity index (χ0v) is 23.1. The van der Waals surface area contributed by atoms with Crippen LogP contribution >= 0.6 is 11.6 Å². The van der Waals surface area contributed by atoms with E-state index in [0.29, 0.717) is 13.0 Å². The van der Waals surface area contributed by atoms with Gasteiger partial charge >= 0.3 is 6.18 Å². The number of amides is 3. The van der Waals surface area contributed by atoms with Gasteiger partial charge < -0.3 is 20.1 Å². The van der Waals surface area contributed by atoms with Crippen molar-refractivity contribution >= 4 is 40.2 Å². The van der Waals surface area contributed by atoms with E-state index in [9.17, 15) is 27.6 Å². The molecule has 40 heavy (non-hydrogen) atoms. The van der Waals surface area contributed by atoms with Crippen LogP contribution in [0.1, 0.15) is 54.8 Å². The molecule has 2 aromatic carbocycles. The van der Waals surface area contributed by atoms with Crippen molar-refractivity contribution in [2.45, 2.75) is 57.9 Å². The van der Waals surface area contributed by atoms with Crippen LogP contribution in [0.25, 0.3) is 10.9 Å². The molecule has 3 heterocycles. The minimum Gasteiger partial charge on any atom is -0.364 e. The Balaban J connectivity index is 1.38. The Kier molecular flexibility index (Phi) is 6.89. The lowest BCUT2D eigenvalue weighted by molar-refractivity contribution is -0.144. The molecule has 3 amide bonds. The van der Waals surface area contributed by atoms with Gasteiger partial charge in [0, 0.05) is 29.0 Å².